The lowest BCUT2D eigenvalue weighted by Gasteiger charge is -1.96. The number of nitrogens with one attached hydrogen (secondary N) is 1. The molecule has 0 aliphatic heterocycles. The molecule has 5 nitrogen and oxygen atoms in total. The number of hydrogen-bond acceptors (Lipinski definition) is 3. The van der Waals surface area contributed by atoms with Crippen molar-refractivity contribution in [3.8, 4) is 0 Å². The standard InChI is InChI=1S/C12H11BrN4O/c1-17-7-6-11(16-17)12(18)15-14-8-9-2-4-10(13)5-3-9/h2-8H,1H3,(H,15,18)/b14-8-. The molecule has 0 fully saturated rings. The van der Waals surface area contributed by atoms with Crippen molar-refractivity contribution in [3.05, 3.63) is 52.3 Å². The molecule has 0 aliphatic carbocycles. The molecule has 92 valence electrons. The van der Waals surface area contributed by atoms with Crippen LogP contribution in [0.2, 0.25) is 0 Å². The Morgan fingerprint density at radius 2 is 2.11 bits per heavy atom. The lowest BCUT2D eigenvalue weighted by molar-refractivity contribution is 0.0949. The van der Waals surface area contributed by atoms with E-state index >= 15 is 0 Å². The monoisotopic (exact) mass is 306 g/mol. The molecule has 0 saturated heterocycles. The maximum Gasteiger partial charge on any atom is 0.291 e. The highest BCUT2D eigenvalue weighted by Crippen LogP contribution is 2.08. The summed E-state index contributed by atoms with van der Waals surface area (Å²) in [6, 6.07) is 9.22. The average Bonchev–Trinajstić information content (AvgIpc) is 2.78. The zero-order chi connectivity index (χ0) is 13.0. The number of carbonyl (C=O) groups is 1. The molecule has 1 amide bonds. The van der Waals surface area contributed by atoms with E-state index in [1.54, 1.807) is 30.2 Å². The first-order chi connectivity index (χ1) is 8.65. The van der Waals surface area contributed by atoms with E-state index in [9.17, 15) is 4.79 Å². The van der Waals surface area contributed by atoms with Crippen LogP contribution >= 0.6 is 15.9 Å². The van der Waals surface area contributed by atoms with E-state index in [1.165, 1.54) is 0 Å². The Labute approximate surface area is 113 Å². The average molecular weight is 307 g/mol. The number of benzene rings is 1. The maximum absolute atomic E-state index is 11.6. The predicted molar refractivity (Wildman–Crippen MR) is 72.4 cm³/mol. The quantitative estimate of drug-likeness (QED) is 0.696. The molecule has 0 spiro atoms. The van der Waals surface area contributed by atoms with Crippen molar-refractivity contribution < 1.29 is 4.79 Å². The SMILES string of the molecule is Cn1ccc(C(=O)N/N=C\c2ccc(Br)cc2)n1. The molecule has 0 atom stereocenters. The number of aryl methyl sites for hydroxylation is 1. The van der Waals surface area contributed by atoms with Crippen LogP contribution in [0.25, 0.3) is 0 Å². The highest BCUT2D eigenvalue weighted by molar-refractivity contribution is 9.10. The van der Waals surface area contributed by atoms with Gasteiger partial charge in [-0.1, -0.05) is 28.1 Å². The normalized spacial score (nSPS) is 10.8. The van der Waals surface area contributed by atoms with Gasteiger partial charge in [-0.15, -0.1) is 0 Å². The molecule has 1 aromatic carbocycles. The van der Waals surface area contributed by atoms with Crippen LogP contribution in [0.5, 0.6) is 0 Å². The first kappa shape index (κ1) is 12.5. The Kier molecular flexibility index (Phi) is 3.88. The summed E-state index contributed by atoms with van der Waals surface area (Å²) in [6.45, 7) is 0. The minimum Gasteiger partial charge on any atom is -0.275 e. The van der Waals surface area contributed by atoms with Crippen molar-refractivity contribution in [1.29, 1.82) is 0 Å². The van der Waals surface area contributed by atoms with Gasteiger partial charge < -0.3 is 0 Å². The van der Waals surface area contributed by atoms with Crippen LogP contribution in [0.3, 0.4) is 0 Å². The third kappa shape index (κ3) is 3.27. The largest absolute Gasteiger partial charge is 0.291 e. The second kappa shape index (κ2) is 5.59. The molecule has 1 aromatic heterocycles. The van der Waals surface area contributed by atoms with Gasteiger partial charge in [0, 0.05) is 17.7 Å². The van der Waals surface area contributed by atoms with Gasteiger partial charge in [0.1, 0.15) is 0 Å². The summed E-state index contributed by atoms with van der Waals surface area (Å²) in [5, 5.41) is 7.84. The Hall–Kier alpha value is -1.95. The van der Waals surface area contributed by atoms with Crippen LogP contribution in [0.15, 0.2) is 46.1 Å². The Morgan fingerprint density at radius 3 is 2.72 bits per heavy atom. The van der Waals surface area contributed by atoms with Gasteiger partial charge >= 0.3 is 0 Å². The molecule has 0 bridgehead atoms. The molecule has 0 saturated carbocycles. The summed E-state index contributed by atoms with van der Waals surface area (Å²) in [5.74, 6) is -0.330. The third-order valence-electron chi connectivity index (χ3n) is 2.20. The van der Waals surface area contributed by atoms with Crippen molar-refractivity contribution in [2.24, 2.45) is 12.1 Å². The van der Waals surface area contributed by atoms with Crippen LogP contribution < -0.4 is 5.43 Å². The molecular formula is C12H11BrN4O. The highest BCUT2D eigenvalue weighted by atomic mass is 79.9. The van der Waals surface area contributed by atoms with Crippen molar-refractivity contribution in [3.63, 3.8) is 0 Å². The van der Waals surface area contributed by atoms with E-state index in [0.29, 0.717) is 5.69 Å². The van der Waals surface area contributed by atoms with Gasteiger partial charge in [0.25, 0.3) is 5.91 Å². The molecule has 0 aliphatic rings. The van der Waals surface area contributed by atoms with Crippen LogP contribution in [0, 0.1) is 0 Å². The zero-order valence-corrected chi connectivity index (χ0v) is 11.3. The van der Waals surface area contributed by atoms with Gasteiger partial charge in [-0.2, -0.15) is 10.2 Å². The predicted octanol–water partition coefficient (Wildman–Crippen LogP) is 1.95. The van der Waals surface area contributed by atoms with E-state index in [-0.39, 0.29) is 5.91 Å². The number of aromatic nitrogens is 2. The second-order valence-electron chi connectivity index (χ2n) is 3.63. The van der Waals surface area contributed by atoms with E-state index in [2.05, 4.69) is 31.6 Å². The highest BCUT2D eigenvalue weighted by Gasteiger charge is 2.06. The number of carbonyl (C=O) groups excluding carboxylic acids is 1. The summed E-state index contributed by atoms with van der Waals surface area (Å²) in [5.41, 5.74) is 3.66. The first-order valence-corrected chi connectivity index (χ1v) is 6.03. The number of nitrogens with zero attached hydrogens (tertiary/aromatic N) is 3. The van der Waals surface area contributed by atoms with Crippen molar-refractivity contribution in [2.75, 3.05) is 0 Å². The van der Waals surface area contributed by atoms with Crippen molar-refractivity contribution in [1.82, 2.24) is 15.2 Å². The van der Waals surface area contributed by atoms with Crippen LogP contribution in [0.4, 0.5) is 0 Å². The topological polar surface area (TPSA) is 59.3 Å². The lowest BCUT2D eigenvalue weighted by Crippen LogP contribution is -2.18. The minimum absolute atomic E-state index is 0.330. The molecule has 1 heterocycles. The maximum atomic E-state index is 11.6. The molecule has 18 heavy (non-hydrogen) atoms. The van der Waals surface area contributed by atoms with Crippen molar-refractivity contribution >= 4 is 28.1 Å². The molecule has 2 aromatic rings. The van der Waals surface area contributed by atoms with Gasteiger partial charge in [-0.05, 0) is 23.8 Å². The van der Waals surface area contributed by atoms with E-state index in [1.807, 2.05) is 24.3 Å². The first-order valence-electron chi connectivity index (χ1n) is 5.24. The lowest BCUT2D eigenvalue weighted by atomic mass is 10.2. The van der Waals surface area contributed by atoms with Crippen molar-refractivity contribution in [2.45, 2.75) is 0 Å². The number of rotatable bonds is 3. The van der Waals surface area contributed by atoms with E-state index in [0.717, 1.165) is 10.0 Å². The van der Waals surface area contributed by atoms with Gasteiger partial charge in [0.15, 0.2) is 5.69 Å². The number of halogens is 1. The van der Waals surface area contributed by atoms with Gasteiger partial charge in [-0.3, -0.25) is 9.48 Å². The Balaban J connectivity index is 1.95. The van der Waals surface area contributed by atoms with E-state index < -0.39 is 0 Å². The fourth-order valence-corrected chi connectivity index (χ4v) is 1.57. The molecule has 2 rings (SSSR count). The van der Waals surface area contributed by atoms with Crippen LogP contribution in [-0.2, 0) is 7.05 Å². The summed E-state index contributed by atoms with van der Waals surface area (Å²) >= 11 is 3.34. The summed E-state index contributed by atoms with van der Waals surface area (Å²) in [7, 11) is 1.75. The Bertz CT molecular complexity index is 574. The third-order valence-corrected chi connectivity index (χ3v) is 2.72. The number of hydrazone groups is 1. The van der Waals surface area contributed by atoms with Gasteiger partial charge in [0.2, 0.25) is 0 Å². The second-order valence-corrected chi connectivity index (χ2v) is 4.54. The summed E-state index contributed by atoms with van der Waals surface area (Å²) in [4.78, 5) is 11.6. The summed E-state index contributed by atoms with van der Waals surface area (Å²) < 4.78 is 2.56. The van der Waals surface area contributed by atoms with Gasteiger partial charge in [0.05, 0.1) is 6.21 Å². The minimum atomic E-state index is -0.330. The zero-order valence-electron chi connectivity index (χ0n) is 9.67. The molecule has 1 N–H and O–H groups in total. The number of amides is 1. The molecule has 6 heteroatoms. The fourth-order valence-electron chi connectivity index (χ4n) is 1.31. The fraction of sp³-hybridized carbons (Fsp3) is 0.0833. The van der Waals surface area contributed by atoms with Gasteiger partial charge in [-0.25, -0.2) is 5.43 Å². The summed E-state index contributed by atoms with van der Waals surface area (Å²) in [6.07, 6.45) is 3.28. The molecular weight excluding hydrogens is 296 g/mol. The molecule has 0 radical (unpaired) electrons. The molecule has 0 unspecified atom stereocenters. The number of hydrogen-bond donors (Lipinski definition) is 1. The Morgan fingerprint density at radius 1 is 1.39 bits per heavy atom. The van der Waals surface area contributed by atoms with Crippen LogP contribution in [0.1, 0.15) is 16.1 Å². The van der Waals surface area contributed by atoms with Crippen LogP contribution in [-0.4, -0.2) is 21.9 Å². The van der Waals surface area contributed by atoms with E-state index in [4.69, 9.17) is 0 Å². The smallest absolute Gasteiger partial charge is 0.275 e.